The fraction of sp³-hybridized carbons (Fsp3) is 0.545. The lowest BCUT2D eigenvalue weighted by atomic mass is 9.76. The molecule has 0 amide bonds. The number of rotatable bonds is 3. The first-order chi connectivity index (χ1) is 6.74. The number of thioether (sulfide) groups is 1. The van der Waals surface area contributed by atoms with E-state index < -0.39 is 5.60 Å². The van der Waals surface area contributed by atoms with Gasteiger partial charge in [0.2, 0.25) is 0 Å². The van der Waals surface area contributed by atoms with Crippen LogP contribution in [0, 0.1) is 0 Å². The van der Waals surface area contributed by atoms with Crippen LogP contribution in [0.25, 0.3) is 0 Å². The summed E-state index contributed by atoms with van der Waals surface area (Å²) in [4.78, 5) is 4.32. The highest BCUT2D eigenvalue weighted by atomic mass is 32.2. The van der Waals surface area contributed by atoms with Crippen LogP contribution in [0.15, 0.2) is 23.4 Å². The molecule has 1 saturated carbocycles. The molecule has 0 atom stereocenters. The maximum absolute atomic E-state index is 10.1. The second-order valence-corrected chi connectivity index (χ2v) is 4.99. The van der Waals surface area contributed by atoms with Gasteiger partial charge in [0.25, 0.3) is 0 Å². The van der Waals surface area contributed by atoms with Gasteiger partial charge in [-0.2, -0.15) is 0 Å². The third-order valence-corrected chi connectivity index (χ3v) is 3.57. The summed E-state index contributed by atoms with van der Waals surface area (Å²) in [5, 5.41) is 11.1. The minimum Gasteiger partial charge on any atom is -0.385 e. The zero-order valence-electron chi connectivity index (χ0n) is 8.36. The second kappa shape index (κ2) is 3.91. The van der Waals surface area contributed by atoms with Crippen molar-refractivity contribution in [3.8, 4) is 0 Å². The van der Waals surface area contributed by atoms with Crippen LogP contribution in [-0.2, 0) is 5.60 Å². The first kappa shape index (κ1) is 9.99. The summed E-state index contributed by atoms with van der Waals surface area (Å²) in [5.41, 5.74) is 0.409. The van der Waals surface area contributed by atoms with Crippen LogP contribution < -0.4 is 0 Å². The molecule has 1 aliphatic carbocycles. The van der Waals surface area contributed by atoms with Gasteiger partial charge in [-0.05, 0) is 31.1 Å². The van der Waals surface area contributed by atoms with E-state index in [9.17, 15) is 5.11 Å². The number of aliphatic hydroxyl groups is 1. The molecule has 3 heteroatoms. The molecule has 0 spiro atoms. The molecule has 2 rings (SSSR count). The maximum Gasteiger partial charge on any atom is 0.0959 e. The molecule has 0 unspecified atom stereocenters. The number of pyridine rings is 1. The molecule has 0 bridgehead atoms. The highest BCUT2D eigenvalue weighted by molar-refractivity contribution is 7.99. The molecule has 14 heavy (non-hydrogen) atoms. The van der Waals surface area contributed by atoms with Crippen LogP contribution >= 0.6 is 11.8 Å². The largest absolute Gasteiger partial charge is 0.385 e. The van der Waals surface area contributed by atoms with Gasteiger partial charge in [0.15, 0.2) is 0 Å². The minimum absolute atomic E-state index is 0.567. The van der Waals surface area contributed by atoms with Gasteiger partial charge in [0.05, 0.1) is 10.6 Å². The third kappa shape index (κ3) is 1.79. The summed E-state index contributed by atoms with van der Waals surface area (Å²) in [7, 11) is 0. The highest BCUT2D eigenvalue weighted by Gasteiger charge is 2.36. The molecule has 1 fully saturated rings. The van der Waals surface area contributed by atoms with Gasteiger partial charge in [0, 0.05) is 11.8 Å². The zero-order valence-corrected chi connectivity index (χ0v) is 9.18. The van der Waals surface area contributed by atoms with E-state index in [4.69, 9.17) is 0 Å². The van der Waals surface area contributed by atoms with Crippen LogP contribution in [0.5, 0.6) is 0 Å². The van der Waals surface area contributed by atoms with E-state index in [2.05, 4.69) is 11.9 Å². The van der Waals surface area contributed by atoms with Crippen LogP contribution in [0.3, 0.4) is 0 Å². The average Bonchev–Trinajstić information content (AvgIpc) is 2.16. The number of nitrogens with zero attached hydrogens (tertiary/aromatic N) is 1. The molecule has 0 radical (unpaired) electrons. The normalized spacial score (nSPS) is 19.0. The summed E-state index contributed by atoms with van der Waals surface area (Å²) >= 11 is 1.73. The van der Waals surface area contributed by atoms with Crippen molar-refractivity contribution in [2.45, 2.75) is 36.8 Å². The van der Waals surface area contributed by atoms with Gasteiger partial charge in [0.1, 0.15) is 0 Å². The lowest BCUT2D eigenvalue weighted by molar-refractivity contribution is -0.0391. The molecule has 1 aromatic rings. The standard InChI is InChI=1S/C11H15NOS/c1-2-14-10-5-4-9(8-12-10)11(13)6-3-7-11/h4-5,8,13H,2-3,6-7H2,1H3. The van der Waals surface area contributed by atoms with Gasteiger partial charge in [-0.1, -0.05) is 13.0 Å². The number of hydrogen-bond acceptors (Lipinski definition) is 3. The fourth-order valence-corrected chi connectivity index (χ4v) is 2.28. The van der Waals surface area contributed by atoms with Gasteiger partial charge < -0.3 is 5.11 Å². The average molecular weight is 209 g/mol. The lowest BCUT2D eigenvalue weighted by Crippen LogP contribution is -2.33. The van der Waals surface area contributed by atoms with Gasteiger partial charge >= 0.3 is 0 Å². The molecular weight excluding hydrogens is 194 g/mol. The summed E-state index contributed by atoms with van der Waals surface area (Å²) in [5.74, 6) is 1.04. The minimum atomic E-state index is -0.567. The van der Waals surface area contributed by atoms with Crippen molar-refractivity contribution in [1.82, 2.24) is 4.98 Å². The Kier molecular flexibility index (Phi) is 2.79. The molecule has 0 aromatic carbocycles. The Balaban J connectivity index is 2.13. The molecule has 0 aliphatic heterocycles. The Bertz CT molecular complexity index is 306. The maximum atomic E-state index is 10.1. The summed E-state index contributed by atoms with van der Waals surface area (Å²) in [6, 6.07) is 4.00. The van der Waals surface area contributed by atoms with Crippen molar-refractivity contribution < 1.29 is 5.11 Å². The van der Waals surface area contributed by atoms with Crippen LogP contribution in [0.2, 0.25) is 0 Å². The molecule has 76 valence electrons. The summed E-state index contributed by atoms with van der Waals surface area (Å²) in [6.07, 6.45) is 4.71. The van der Waals surface area contributed by atoms with E-state index >= 15 is 0 Å². The topological polar surface area (TPSA) is 33.1 Å². The Hall–Kier alpha value is -0.540. The van der Waals surface area contributed by atoms with Crippen molar-refractivity contribution >= 4 is 11.8 Å². The molecule has 1 aliphatic rings. The van der Waals surface area contributed by atoms with Crippen LogP contribution in [-0.4, -0.2) is 15.8 Å². The van der Waals surface area contributed by atoms with Crippen molar-refractivity contribution in [3.05, 3.63) is 23.9 Å². The van der Waals surface area contributed by atoms with E-state index in [1.54, 1.807) is 11.8 Å². The smallest absolute Gasteiger partial charge is 0.0959 e. The Morgan fingerprint density at radius 1 is 1.50 bits per heavy atom. The SMILES string of the molecule is CCSc1ccc(C2(O)CCC2)cn1. The first-order valence-electron chi connectivity index (χ1n) is 5.06. The van der Waals surface area contributed by atoms with Gasteiger partial charge in [-0.3, -0.25) is 0 Å². The fourth-order valence-electron chi connectivity index (χ4n) is 1.69. The predicted molar refractivity (Wildman–Crippen MR) is 58.4 cm³/mol. The number of hydrogen-bond donors (Lipinski definition) is 1. The van der Waals surface area contributed by atoms with E-state index in [0.717, 1.165) is 35.6 Å². The first-order valence-corrected chi connectivity index (χ1v) is 6.05. The monoisotopic (exact) mass is 209 g/mol. The zero-order chi connectivity index (χ0) is 10.0. The highest BCUT2D eigenvalue weighted by Crippen LogP contribution is 2.40. The Morgan fingerprint density at radius 2 is 2.29 bits per heavy atom. The van der Waals surface area contributed by atoms with Crippen LogP contribution in [0.4, 0.5) is 0 Å². The van der Waals surface area contributed by atoms with Gasteiger partial charge in [-0.15, -0.1) is 11.8 Å². The second-order valence-electron chi connectivity index (χ2n) is 3.70. The Labute approximate surface area is 88.8 Å². The van der Waals surface area contributed by atoms with E-state index in [1.165, 1.54) is 0 Å². The van der Waals surface area contributed by atoms with Gasteiger partial charge in [-0.25, -0.2) is 4.98 Å². The van der Waals surface area contributed by atoms with Crippen molar-refractivity contribution in [2.24, 2.45) is 0 Å². The van der Waals surface area contributed by atoms with E-state index in [-0.39, 0.29) is 0 Å². The van der Waals surface area contributed by atoms with Crippen molar-refractivity contribution in [3.63, 3.8) is 0 Å². The Morgan fingerprint density at radius 3 is 2.71 bits per heavy atom. The van der Waals surface area contributed by atoms with E-state index in [0.29, 0.717) is 0 Å². The summed E-state index contributed by atoms with van der Waals surface area (Å²) in [6.45, 7) is 2.11. The molecule has 0 saturated heterocycles. The lowest BCUT2D eigenvalue weighted by Gasteiger charge is -2.36. The third-order valence-electron chi connectivity index (χ3n) is 2.75. The predicted octanol–water partition coefficient (Wildman–Crippen LogP) is 2.57. The number of aromatic nitrogens is 1. The quantitative estimate of drug-likeness (QED) is 0.777. The molecule has 2 nitrogen and oxygen atoms in total. The van der Waals surface area contributed by atoms with Crippen LogP contribution in [0.1, 0.15) is 31.7 Å². The molecule has 1 heterocycles. The molecule has 1 aromatic heterocycles. The van der Waals surface area contributed by atoms with Crippen molar-refractivity contribution in [1.29, 1.82) is 0 Å². The molecule has 1 N–H and O–H groups in total. The summed E-state index contributed by atoms with van der Waals surface area (Å²) < 4.78 is 0. The molecular formula is C11H15NOS. The van der Waals surface area contributed by atoms with E-state index in [1.807, 2.05) is 18.3 Å². The van der Waals surface area contributed by atoms with Crippen molar-refractivity contribution in [2.75, 3.05) is 5.75 Å².